The first kappa shape index (κ1) is 16.7. The Morgan fingerprint density at radius 2 is 2.13 bits per heavy atom. The molecule has 1 aromatic heterocycles. The van der Waals surface area contributed by atoms with Gasteiger partial charge in [0.05, 0.1) is 13.7 Å². The minimum atomic E-state index is -0.389. The molecule has 23 heavy (non-hydrogen) atoms. The first-order valence-electron chi connectivity index (χ1n) is 7.20. The zero-order valence-corrected chi connectivity index (χ0v) is 13.3. The second-order valence-corrected chi connectivity index (χ2v) is 5.33. The fourth-order valence-electron chi connectivity index (χ4n) is 2.37. The highest BCUT2D eigenvalue weighted by Gasteiger charge is 2.10. The summed E-state index contributed by atoms with van der Waals surface area (Å²) in [4.78, 5) is 13.7. The van der Waals surface area contributed by atoms with Crippen LogP contribution in [-0.4, -0.2) is 28.2 Å². The van der Waals surface area contributed by atoms with Gasteiger partial charge < -0.3 is 14.4 Å². The zero-order chi connectivity index (χ0) is 16.8. The van der Waals surface area contributed by atoms with Crippen LogP contribution in [0.15, 0.2) is 41.3 Å². The normalized spacial score (nSPS) is 10.5. The average Bonchev–Trinajstić information content (AvgIpc) is 2.53. The first-order valence-corrected chi connectivity index (χ1v) is 7.20. The van der Waals surface area contributed by atoms with Crippen molar-refractivity contribution in [2.75, 3.05) is 13.7 Å². The molecule has 0 aliphatic heterocycles. The van der Waals surface area contributed by atoms with Crippen molar-refractivity contribution in [2.45, 2.75) is 13.1 Å². The SMILES string of the molecule is C#CCN(Cc1cccc(OC)c1)Cc1cc(=O)c(O)cn1C. The van der Waals surface area contributed by atoms with E-state index in [1.54, 1.807) is 18.7 Å². The Morgan fingerprint density at radius 1 is 1.35 bits per heavy atom. The smallest absolute Gasteiger partial charge is 0.223 e. The van der Waals surface area contributed by atoms with E-state index in [1.165, 1.54) is 12.3 Å². The summed E-state index contributed by atoms with van der Waals surface area (Å²) in [6.07, 6.45) is 6.87. The Labute approximate surface area is 135 Å². The van der Waals surface area contributed by atoms with Crippen molar-refractivity contribution in [3.8, 4) is 23.8 Å². The summed E-state index contributed by atoms with van der Waals surface area (Å²) in [5.74, 6) is 3.18. The number of methoxy groups -OCH3 is 1. The van der Waals surface area contributed by atoms with E-state index in [0.29, 0.717) is 19.6 Å². The van der Waals surface area contributed by atoms with Gasteiger partial charge in [0, 0.05) is 38.1 Å². The number of terminal acetylenes is 1. The van der Waals surface area contributed by atoms with Gasteiger partial charge in [-0.25, -0.2) is 0 Å². The number of aromatic hydroxyl groups is 1. The van der Waals surface area contributed by atoms with Crippen LogP contribution in [0, 0.1) is 12.3 Å². The fraction of sp³-hybridized carbons (Fsp3) is 0.278. The lowest BCUT2D eigenvalue weighted by atomic mass is 10.2. The minimum Gasteiger partial charge on any atom is -0.503 e. The van der Waals surface area contributed by atoms with Crippen LogP contribution < -0.4 is 10.2 Å². The van der Waals surface area contributed by atoms with E-state index in [4.69, 9.17) is 11.2 Å². The van der Waals surface area contributed by atoms with Crippen LogP contribution in [0.25, 0.3) is 0 Å². The maximum Gasteiger partial charge on any atom is 0.223 e. The van der Waals surface area contributed by atoms with Crippen molar-refractivity contribution in [3.05, 3.63) is 58.0 Å². The molecular weight excluding hydrogens is 292 g/mol. The molecule has 5 heteroatoms. The van der Waals surface area contributed by atoms with E-state index in [1.807, 2.05) is 29.2 Å². The number of rotatable bonds is 6. The Hall–Kier alpha value is -2.71. The molecule has 0 unspecified atom stereocenters. The molecule has 0 atom stereocenters. The number of ether oxygens (including phenoxy) is 1. The first-order chi connectivity index (χ1) is 11.0. The van der Waals surface area contributed by atoms with Crippen LogP contribution in [0.2, 0.25) is 0 Å². The van der Waals surface area contributed by atoms with Gasteiger partial charge in [0.15, 0.2) is 5.75 Å². The highest BCUT2D eigenvalue weighted by molar-refractivity contribution is 5.28. The molecule has 0 fully saturated rings. The van der Waals surface area contributed by atoms with Crippen molar-refractivity contribution < 1.29 is 9.84 Å². The van der Waals surface area contributed by atoms with E-state index >= 15 is 0 Å². The molecule has 0 spiro atoms. The molecular formula is C18H20N2O3. The van der Waals surface area contributed by atoms with Crippen LogP contribution in [-0.2, 0) is 20.1 Å². The van der Waals surface area contributed by atoms with Crippen molar-refractivity contribution in [3.63, 3.8) is 0 Å². The molecule has 1 aromatic carbocycles. The number of hydrogen-bond donors (Lipinski definition) is 1. The van der Waals surface area contributed by atoms with Crippen LogP contribution in [0.4, 0.5) is 0 Å². The van der Waals surface area contributed by atoms with Gasteiger partial charge in [0.25, 0.3) is 0 Å². The molecule has 0 radical (unpaired) electrons. The number of aromatic nitrogens is 1. The molecule has 0 saturated carbocycles. The van der Waals surface area contributed by atoms with E-state index < -0.39 is 0 Å². The van der Waals surface area contributed by atoms with E-state index in [9.17, 15) is 9.90 Å². The number of aryl methyl sites for hydroxylation is 1. The standard InChI is InChI=1S/C18H20N2O3/c1-4-8-20(11-14-6-5-7-16(9-14)23-3)12-15-10-17(21)18(22)13-19(15)2/h1,5-7,9-10,13,22H,8,11-12H2,2-3H3. The summed E-state index contributed by atoms with van der Waals surface area (Å²) in [6.45, 7) is 1.59. The van der Waals surface area contributed by atoms with Gasteiger partial charge in [-0.2, -0.15) is 0 Å². The van der Waals surface area contributed by atoms with Crippen molar-refractivity contribution in [1.82, 2.24) is 9.47 Å². The summed E-state index contributed by atoms with van der Waals surface area (Å²) in [6, 6.07) is 9.21. The highest BCUT2D eigenvalue weighted by atomic mass is 16.5. The van der Waals surface area contributed by atoms with E-state index in [-0.39, 0.29) is 11.2 Å². The maximum absolute atomic E-state index is 11.6. The molecule has 1 heterocycles. The van der Waals surface area contributed by atoms with Crippen LogP contribution in [0.5, 0.6) is 11.5 Å². The highest BCUT2D eigenvalue weighted by Crippen LogP contribution is 2.15. The molecule has 120 valence electrons. The van der Waals surface area contributed by atoms with Gasteiger partial charge in [-0.15, -0.1) is 6.42 Å². The second-order valence-electron chi connectivity index (χ2n) is 5.33. The van der Waals surface area contributed by atoms with Gasteiger partial charge in [-0.3, -0.25) is 9.69 Å². The summed E-state index contributed by atoms with van der Waals surface area (Å²) in [5.41, 5.74) is 1.47. The van der Waals surface area contributed by atoms with Crippen LogP contribution >= 0.6 is 0 Å². The Bertz CT molecular complexity index is 775. The molecule has 2 rings (SSSR count). The van der Waals surface area contributed by atoms with Crippen molar-refractivity contribution in [1.29, 1.82) is 0 Å². The number of benzene rings is 1. The van der Waals surface area contributed by atoms with Gasteiger partial charge >= 0.3 is 0 Å². The predicted octanol–water partition coefficient (Wildman–Crippen LogP) is 1.73. The molecule has 0 bridgehead atoms. The molecule has 0 saturated heterocycles. The van der Waals surface area contributed by atoms with Gasteiger partial charge in [-0.1, -0.05) is 18.1 Å². The molecule has 5 nitrogen and oxygen atoms in total. The minimum absolute atomic E-state index is 0.257. The number of pyridine rings is 1. The average molecular weight is 312 g/mol. The third-order valence-corrected chi connectivity index (χ3v) is 3.56. The molecule has 0 amide bonds. The summed E-state index contributed by atoms with van der Waals surface area (Å²) in [7, 11) is 3.42. The fourth-order valence-corrected chi connectivity index (χ4v) is 2.37. The van der Waals surface area contributed by atoms with Crippen LogP contribution in [0.1, 0.15) is 11.3 Å². The summed E-state index contributed by atoms with van der Waals surface area (Å²) >= 11 is 0. The Morgan fingerprint density at radius 3 is 2.83 bits per heavy atom. The lowest BCUT2D eigenvalue weighted by molar-refractivity contribution is 0.282. The summed E-state index contributed by atoms with van der Waals surface area (Å²) in [5, 5.41) is 9.46. The second kappa shape index (κ2) is 7.52. The zero-order valence-electron chi connectivity index (χ0n) is 13.3. The Balaban J connectivity index is 2.20. The van der Waals surface area contributed by atoms with Crippen molar-refractivity contribution >= 4 is 0 Å². The summed E-state index contributed by atoms with van der Waals surface area (Å²) < 4.78 is 6.96. The lowest BCUT2D eigenvalue weighted by Gasteiger charge is -2.21. The largest absolute Gasteiger partial charge is 0.503 e. The molecule has 2 aromatic rings. The molecule has 0 aliphatic rings. The monoisotopic (exact) mass is 312 g/mol. The van der Waals surface area contributed by atoms with Gasteiger partial charge in [0.2, 0.25) is 5.43 Å². The number of hydrogen-bond acceptors (Lipinski definition) is 4. The number of nitrogens with zero attached hydrogens (tertiary/aromatic N) is 2. The van der Waals surface area contributed by atoms with E-state index in [0.717, 1.165) is 17.0 Å². The predicted molar refractivity (Wildman–Crippen MR) is 89.3 cm³/mol. The Kier molecular flexibility index (Phi) is 5.45. The van der Waals surface area contributed by atoms with Crippen molar-refractivity contribution in [2.24, 2.45) is 7.05 Å². The maximum atomic E-state index is 11.6. The topological polar surface area (TPSA) is 54.7 Å². The third-order valence-electron chi connectivity index (χ3n) is 3.56. The molecule has 0 aliphatic carbocycles. The quantitative estimate of drug-likeness (QED) is 0.826. The van der Waals surface area contributed by atoms with Crippen LogP contribution in [0.3, 0.4) is 0 Å². The van der Waals surface area contributed by atoms with Gasteiger partial charge in [-0.05, 0) is 17.7 Å². The van der Waals surface area contributed by atoms with Gasteiger partial charge in [0.1, 0.15) is 5.75 Å². The van der Waals surface area contributed by atoms with E-state index in [2.05, 4.69) is 5.92 Å². The third kappa shape index (κ3) is 4.38. The lowest BCUT2D eigenvalue weighted by Crippen LogP contribution is -2.25. The molecule has 1 N–H and O–H groups in total.